The van der Waals surface area contributed by atoms with Gasteiger partial charge in [0.2, 0.25) is 0 Å². The Morgan fingerprint density at radius 1 is 1.18 bits per heavy atom. The van der Waals surface area contributed by atoms with Crippen molar-refractivity contribution < 1.29 is 19.1 Å². The molecule has 1 heterocycles. The normalized spacial score (nSPS) is 13.4. The van der Waals surface area contributed by atoms with Crippen molar-refractivity contribution in [3.05, 3.63) is 58.4 Å². The molecule has 0 spiro atoms. The Kier molecular flexibility index (Phi) is 6.26. The number of esters is 1. The van der Waals surface area contributed by atoms with E-state index in [-0.39, 0.29) is 12.2 Å². The first-order valence-corrected chi connectivity index (χ1v) is 9.32. The number of nitrogens with one attached hydrogen (secondary N) is 2. The Balaban J connectivity index is 1.47. The number of ether oxygens (including phenoxy) is 1. The minimum Gasteiger partial charge on any atom is -0.451 e. The van der Waals surface area contributed by atoms with Crippen molar-refractivity contribution >= 4 is 35.1 Å². The molecule has 28 heavy (non-hydrogen) atoms. The molecule has 1 aliphatic rings. The minimum absolute atomic E-state index is 0.0858. The number of hydrogen-bond acceptors (Lipinski definition) is 5. The molecule has 0 bridgehead atoms. The lowest BCUT2D eigenvalue weighted by Crippen LogP contribution is -2.36. The summed E-state index contributed by atoms with van der Waals surface area (Å²) in [5, 5.41) is 5.49. The van der Waals surface area contributed by atoms with E-state index in [2.05, 4.69) is 15.6 Å². The van der Waals surface area contributed by atoms with Crippen molar-refractivity contribution in [3.8, 4) is 0 Å². The molecule has 0 saturated carbocycles. The van der Waals surface area contributed by atoms with E-state index in [1.807, 2.05) is 18.2 Å². The molecule has 0 aliphatic heterocycles. The van der Waals surface area contributed by atoms with Crippen molar-refractivity contribution in [3.63, 3.8) is 0 Å². The fourth-order valence-electron chi connectivity index (χ4n) is 2.96. The topological polar surface area (TPSA) is 97.4 Å². The number of carbonyl (C=O) groups is 3. The van der Waals surface area contributed by atoms with Crippen LogP contribution in [0.5, 0.6) is 0 Å². The summed E-state index contributed by atoms with van der Waals surface area (Å²) < 4.78 is 5.07. The average molecular weight is 402 g/mol. The molecule has 8 heteroatoms. The SMILES string of the molecule is C[C@H](OC(=O)CNC(=O)c1cc(Cl)ccn1)C(=O)Nc1ccc2c(c1)CCC2. The van der Waals surface area contributed by atoms with Gasteiger partial charge in [-0.3, -0.25) is 19.4 Å². The number of fused-ring (bicyclic) bond motifs is 1. The van der Waals surface area contributed by atoms with E-state index in [0.29, 0.717) is 10.7 Å². The summed E-state index contributed by atoms with van der Waals surface area (Å²) >= 11 is 5.80. The largest absolute Gasteiger partial charge is 0.451 e. The highest BCUT2D eigenvalue weighted by molar-refractivity contribution is 6.30. The summed E-state index contributed by atoms with van der Waals surface area (Å²) in [6, 6.07) is 8.72. The van der Waals surface area contributed by atoms with E-state index >= 15 is 0 Å². The molecule has 0 fully saturated rings. The van der Waals surface area contributed by atoms with Gasteiger partial charge in [0.15, 0.2) is 6.10 Å². The second-order valence-corrected chi connectivity index (χ2v) is 6.94. The standard InChI is InChI=1S/C20H20ClN3O4/c1-12(19(26)24-16-6-5-13-3-2-4-14(13)9-16)28-18(25)11-23-20(27)17-10-15(21)7-8-22-17/h5-10,12H,2-4,11H2,1H3,(H,23,27)(H,24,26)/t12-/m0/s1. The van der Waals surface area contributed by atoms with Crippen LogP contribution in [0.2, 0.25) is 5.02 Å². The molecule has 0 saturated heterocycles. The zero-order valence-corrected chi connectivity index (χ0v) is 16.1. The number of aryl methyl sites for hydroxylation is 2. The van der Waals surface area contributed by atoms with Crippen LogP contribution in [0.1, 0.15) is 35.0 Å². The number of halogens is 1. The molecule has 1 aliphatic carbocycles. The third-order valence-electron chi connectivity index (χ3n) is 4.39. The van der Waals surface area contributed by atoms with Gasteiger partial charge in [-0.25, -0.2) is 0 Å². The summed E-state index contributed by atoms with van der Waals surface area (Å²) in [5.41, 5.74) is 3.30. The lowest BCUT2D eigenvalue weighted by atomic mass is 10.1. The second kappa shape index (κ2) is 8.84. The number of aromatic nitrogens is 1. The highest BCUT2D eigenvalue weighted by Gasteiger charge is 2.20. The van der Waals surface area contributed by atoms with Crippen molar-refractivity contribution in [1.82, 2.24) is 10.3 Å². The number of anilines is 1. The van der Waals surface area contributed by atoms with Gasteiger partial charge >= 0.3 is 5.97 Å². The maximum atomic E-state index is 12.2. The lowest BCUT2D eigenvalue weighted by molar-refractivity contribution is -0.152. The smallest absolute Gasteiger partial charge is 0.326 e. The van der Waals surface area contributed by atoms with Gasteiger partial charge in [0.25, 0.3) is 11.8 Å². The Morgan fingerprint density at radius 3 is 2.75 bits per heavy atom. The molecule has 1 aromatic heterocycles. The van der Waals surface area contributed by atoms with Crippen LogP contribution in [0.25, 0.3) is 0 Å². The monoisotopic (exact) mass is 401 g/mol. The zero-order chi connectivity index (χ0) is 20.1. The van der Waals surface area contributed by atoms with Crippen LogP contribution in [0.4, 0.5) is 5.69 Å². The fraction of sp³-hybridized carbons (Fsp3) is 0.300. The van der Waals surface area contributed by atoms with Gasteiger partial charge in [-0.2, -0.15) is 0 Å². The van der Waals surface area contributed by atoms with E-state index in [9.17, 15) is 14.4 Å². The lowest BCUT2D eigenvalue weighted by Gasteiger charge is -2.14. The van der Waals surface area contributed by atoms with Gasteiger partial charge in [0.1, 0.15) is 12.2 Å². The van der Waals surface area contributed by atoms with Crippen molar-refractivity contribution in [2.45, 2.75) is 32.3 Å². The van der Waals surface area contributed by atoms with E-state index in [4.69, 9.17) is 16.3 Å². The molecule has 2 amide bonds. The summed E-state index contributed by atoms with van der Waals surface area (Å²) in [5.74, 6) is -1.73. The molecule has 2 aromatic rings. The minimum atomic E-state index is -0.998. The third kappa shape index (κ3) is 5.07. The molecule has 146 valence electrons. The van der Waals surface area contributed by atoms with Crippen molar-refractivity contribution in [1.29, 1.82) is 0 Å². The molecular formula is C20H20ClN3O4. The number of pyridine rings is 1. The number of rotatable bonds is 6. The Morgan fingerprint density at radius 2 is 1.96 bits per heavy atom. The van der Waals surface area contributed by atoms with Crippen molar-refractivity contribution in [2.24, 2.45) is 0 Å². The summed E-state index contributed by atoms with van der Waals surface area (Å²) in [4.78, 5) is 39.9. The van der Waals surface area contributed by atoms with Gasteiger partial charge in [0, 0.05) is 16.9 Å². The second-order valence-electron chi connectivity index (χ2n) is 6.50. The van der Waals surface area contributed by atoms with E-state index in [1.165, 1.54) is 36.4 Å². The number of carbonyl (C=O) groups excluding carboxylic acids is 3. The Hall–Kier alpha value is -2.93. The van der Waals surface area contributed by atoms with Crippen LogP contribution in [-0.2, 0) is 27.2 Å². The van der Waals surface area contributed by atoms with E-state index in [0.717, 1.165) is 19.3 Å². The van der Waals surface area contributed by atoms with Gasteiger partial charge in [-0.15, -0.1) is 0 Å². The average Bonchev–Trinajstić information content (AvgIpc) is 3.13. The molecule has 0 unspecified atom stereocenters. The Bertz CT molecular complexity index is 916. The first-order chi connectivity index (χ1) is 13.4. The van der Waals surface area contributed by atoms with Crippen LogP contribution in [-0.4, -0.2) is 35.4 Å². The summed E-state index contributed by atoms with van der Waals surface area (Å²) in [6.45, 7) is 1.09. The quantitative estimate of drug-likeness (QED) is 0.725. The first-order valence-electron chi connectivity index (χ1n) is 8.94. The number of nitrogens with zero attached hydrogens (tertiary/aromatic N) is 1. The predicted octanol–water partition coefficient (Wildman–Crippen LogP) is 2.52. The number of benzene rings is 1. The summed E-state index contributed by atoms with van der Waals surface area (Å²) in [7, 11) is 0. The number of hydrogen-bond donors (Lipinski definition) is 2. The molecule has 7 nitrogen and oxygen atoms in total. The summed E-state index contributed by atoms with van der Waals surface area (Å²) in [6.07, 6.45) is 3.58. The van der Waals surface area contributed by atoms with Gasteiger partial charge in [0.05, 0.1) is 0 Å². The van der Waals surface area contributed by atoms with Crippen LogP contribution in [0.15, 0.2) is 36.5 Å². The maximum Gasteiger partial charge on any atom is 0.326 e. The van der Waals surface area contributed by atoms with Gasteiger partial charge in [-0.1, -0.05) is 17.7 Å². The predicted molar refractivity (Wildman–Crippen MR) is 104 cm³/mol. The number of amides is 2. The van der Waals surface area contributed by atoms with Gasteiger partial charge < -0.3 is 15.4 Å². The highest BCUT2D eigenvalue weighted by atomic mass is 35.5. The van der Waals surface area contributed by atoms with Gasteiger partial charge in [-0.05, 0) is 61.6 Å². The van der Waals surface area contributed by atoms with E-state index < -0.39 is 23.9 Å². The third-order valence-corrected chi connectivity index (χ3v) is 4.63. The maximum absolute atomic E-state index is 12.2. The fourth-order valence-corrected chi connectivity index (χ4v) is 3.12. The van der Waals surface area contributed by atoms with Crippen LogP contribution < -0.4 is 10.6 Å². The molecule has 3 rings (SSSR count). The van der Waals surface area contributed by atoms with Crippen molar-refractivity contribution in [2.75, 3.05) is 11.9 Å². The molecule has 2 N–H and O–H groups in total. The Labute approximate surface area is 167 Å². The molecule has 1 atom stereocenters. The highest BCUT2D eigenvalue weighted by Crippen LogP contribution is 2.25. The molecule has 0 radical (unpaired) electrons. The molecule has 1 aromatic carbocycles. The van der Waals surface area contributed by atoms with Crippen LogP contribution in [0, 0.1) is 0 Å². The molecular weight excluding hydrogens is 382 g/mol. The van der Waals surface area contributed by atoms with Crippen LogP contribution >= 0.6 is 11.6 Å². The zero-order valence-electron chi connectivity index (χ0n) is 15.3. The van der Waals surface area contributed by atoms with E-state index in [1.54, 1.807) is 0 Å². The first kappa shape index (κ1) is 19.8. The van der Waals surface area contributed by atoms with Crippen LogP contribution in [0.3, 0.4) is 0 Å².